The van der Waals surface area contributed by atoms with Crippen molar-refractivity contribution >= 4 is 11.6 Å². The summed E-state index contributed by atoms with van der Waals surface area (Å²) in [6.45, 7) is 0. The number of rotatable bonds is 3. The minimum atomic E-state index is -0.918. The molecule has 2 rings (SSSR count). The minimum absolute atomic E-state index is 0.0767. The van der Waals surface area contributed by atoms with E-state index in [9.17, 15) is 13.9 Å². The highest BCUT2D eigenvalue weighted by Gasteiger charge is 2.14. The van der Waals surface area contributed by atoms with Crippen molar-refractivity contribution in [3.8, 4) is 0 Å². The van der Waals surface area contributed by atoms with Crippen LogP contribution in [0.4, 0.5) is 8.78 Å². The fourth-order valence-electron chi connectivity index (χ4n) is 1.73. The molecule has 0 heterocycles. The molecule has 94 valence electrons. The van der Waals surface area contributed by atoms with Crippen LogP contribution in [0, 0.1) is 11.6 Å². The van der Waals surface area contributed by atoms with E-state index in [1.807, 2.05) is 0 Å². The van der Waals surface area contributed by atoms with Crippen LogP contribution in [0.1, 0.15) is 17.2 Å². The SMILES string of the molecule is OC(Cc1ccc(F)cc1)c1cccc(F)c1Cl. The standard InChI is InChI=1S/C14H11ClF2O/c15-14-11(2-1-3-12(14)17)13(18)8-9-4-6-10(16)7-5-9/h1-7,13,18H,8H2. The lowest BCUT2D eigenvalue weighted by atomic mass is 10.0. The summed E-state index contributed by atoms with van der Waals surface area (Å²) in [5.74, 6) is -0.899. The van der Waals surface area contributed by atoms with Gasteiger partial charge in [0.05, 0.1) is 11.1 Å². The molecule has 0 saturated carbocycles. The van der Waals surface area contributed by atoms with Crippen molar-refractivity contribution in [2.24, 2.45) is 0 Å². The summed E-state index contributed by atoms with van der Waals surface area (Å²) in [7, 11) is 0. The Hall–Kier alpha value is -1.45. The minimum Gasteiger partial charge on any atom is -0.388 e. The number of aliphatic hydroxyl groups is 1. The molecule has 0 radical (unpaired) electrons. The second kappa shape index (κ2) is 5.46. The Morgan fingerprint density at radius 2 is 1.72 bits per heavy atom. The Balaban J connectivity index is 2.19. The average Bonchev–Trinajstić information content (AvgIpc) is 2.35. The molecule has 1 N–H and O–H groups in total. The first-order valence-electron chi connectivity index (χ1n) is 5.44. The van der Waals surface area contributed by atoms with E-state index in [4.69, 9.17) is 11.6 Å². The van der Waals surface area contributed by atoms with E-state index < -0.39 is 11.9 Å². The van der Waals surface area contributed by atoms with Gasteiger partial charge in [-0.3, -0.25) is 0 Å². The Morgan fingerprint density at radius 3 is 2.39 bits per heavy atom. The summed E-state index contributed by atoms with van der Waals surface area (Å²) >= 11 is 5.78. The van der Waals surface area contributed by atoms with E-state index in [-0.39, 0.29) is 17.3 Å². The highest BCUT2D eigenvalue weighted by atomic mass is 35.5. The molecule has 18 heavy (non-hydrogen) atoms. The predicted molar refractivity (Wildman–Crippen MR) is 66.5 cm³/mol. The van der Waals surface area contributed by atoms with Gasteiger partial charge in [-0.05, 0) is 23.8 Å². The Labute approximate surface area is 109 Å². The molecule has 0 bridgehead atoms. The van der Waals surface area contributed by atoms with Gasteiger partial charge in [-0.2, -0.15) is 0 Å². The quantitative estimate of drug-likeness (QED) is 0.895. The van der Waals surface area contributed by atoms with Crippen molar-refractivity contribution in [1.29, 1.82) is 0 Å². The normalized spacial score (nSPS) is 12.4. The Bertz CT molecular complexity index is 540. The van der Waals surface area contributed by atoms with Crippen LogP contribution in [0.15, 0.2) is 42.5 Å². The van der Waals surface area contributed by atoms with Crippen LogP contribution in [0.3, 0.4) is 0 Å². The molecule has 1 nitrogen and oxygen atoms in total. The zero-order valence-corrected chi connectivity index (χ0v) is 10.2. The predicted octanol–water partition coefficient (Wildman–Crippen LogP) is 3.89. The molecule has 0 aliphatic carbocycles. The van der Waals surface area contributed by atoms with E-state index in [1.54, 1.807) is 18.2 Å². The van der Waals surface area contributed by atoms with Crippen molar-refractivity contribution in [2.75, 3.05) is 0 Å². The van der Waals surface area contributed by atoms with Gasteiger partial charge in [0.25, 0.3) is 0 Å². The van der Waals surface area contributed by atoms with E-state index in [0.717, 1.165) is 5.56 Å². The summed E-state index contributed by atoms with van der Waals surface area (Å²) in [6, 6.07) is 10.1. The average molecular weight is 269 g/mol. The Morgan fingerprint density at radius 1 is 1.06 bits per heavy atom. The molecular weight excluding hydrogens is 258 g/mol. The second-order valence-electron chi connectivity index (χ2n) is 3.99. The van der Waals surface area contributed by atoms with Gasteiger partial charge in [-0.15, -0.1) is 0 Å². The summed E-state index contributed by atoms with van der Waals surface area (Å²) in [5, 5.41) is 9.93. The zero-order chi connectivity index (χ0) is 13.1. The number of hydrogen-bond acceptors (Lipinski definition) is 1. The van der Waals surface area contributed by atoms with Crippen LogP contribution in [-0.4, -0.2) is 5.11 Å². The fourth-order valence-corrected chi connectivity index (χ4v) is 1.98. The van der Waals surface area contributed by atoms with Crippen molar-refractivity contribution < 1.29 is 13.9 Å². The molecule has 4 heteroatoms. The molecule has 0 aliphatic rings. The highest BCUT2D eigenvalue weighted by molar-refractivity contribution is 6.31. The number of halogens is 3. The van der Waals surface area contributed by atoms with Crippen LogP contribution >= 0.6 is 11.6 Å². The van der Waals surface area contributed by atoms with Gasteiger partial charge in [-0.25, -0.2) is 8.78 Å². The molecule has 0 aliphatic heterocycles. The largest absolute Gasteiger partial charge is 0.388 e. The first kappa shape index (κ1) is 13.0. The highest BCUT2D eigenvalue weighted by Crippen LogP contribution is 2.27. The van der Waals surface area contributed by atoms with Gasteiger partial charge in [0.2, 0.25) is 0 Å². The molecule has 0 fully saturated rings. The monoisotopic (exact) mass is 268 g/mol. The maximum absolute atomic E-state index is 13.2. The van der Waals surface area contributed by atoms with Crippen LogP contribution in [-0.2, 0) is 6.42 Å². The van der Waals surface area contributed by atoms with Gasteiger partial charge >= 0.3 is 0 Å². The maximum Gasteiger partial charge on any atom is 0.142 e. The molecule has 1 atom stereocenters. The number of aliphatic hydroxyl groups excluding tert-OH is 1. The van der Waals surface area contributed by atoms with Gasteiger partial charge in [-0.1, -0.05) is 35.9 Å². The first-order valence-corrected chi connectivity index (χ1v) is 5.82. The smallest absolute Gasteiger partial charge is 0.142 e. The molecule has 0 aromatic heterocycles. The summed E-state index contributed by atoms with van der Waals surface area (Å²) in [4.78, 5) is 0. The number of benzene rings is 2. The van der Waals surface area contributed by atoms with Gasteiger partial charge in [0.1, 0.15) is 11.6 Å². The zero-order valence-electron chi connectivity index (χ0n) is 9.41. The van der Waals surface area contributed by atoms with Crippen LogP contribution < -0.4 is 0 Å². The van der Waals surface area contributed by atoms with Crippen molar-refractivity contribution in [1.82, 2.24) is 0 Å². The van der Waals surface area contributed by atoms with Crippen LogP contribution in [0.25, 0.3) is 0 Å². The second-order valence-corrected chi connectivity index (χ2v) is 4.37. The molecule has 2 aromatic carbocycles. The molecular formula is C14H11ClF2O. The van der Waals surface area contributed by atoms with E-state index in [1.165, 1.54) is 24.3 Å². The lowest BCUT2D eigenvalue weighted by Gasteiger charge is -2.13. The fraction of sp³-hybridized carbons (Fsp3) is 0.143. The van der Waals surface area contributed by atoms with Crippen molar-refractivity contribution in [2.45, 2.75) is 12.5 Å². The van der Waals surface area contributed by atoms with E-state index >= 15 is 0 Å². The van der Waals surface area contributed by atoms with Crippen molar-refractivity contribution in [3.63, 3.8) is 0 Å². The Kier molecular flexibility index (Phi) is 3.94. The van der Waals surface area contributed by atoms with Gasteiger partial charge in [0.15, 0.2) is 0 Å². The first-order chi connectivity index (χ1) is 8.58. The summed E-state index contributed by atoms with van der Waals surface area (Å²) in [5.41, 5.74) is 1.09. The summed E-state index contributed by atoms with van der Waals surface area (Å²) < 4.78 is 26.0. The van der Waals surface area contributed by atoms with Crippen molar-refractivity contribution in [3.05, 3.63) is 70.2 Å². The van der Waals surface area contributed by atoms with Crippen LogP contribution in [0.5, 0.6) is 0 Å². The maximum atomic E-state index is 13.2. The molecule has 0 spiro atoms. The molecule has 2 aromatic rings. The third kappa shape index (κ3) is 2.86. The van der Waals surface area contributed by atoms with Gasteiger partial charge in [0, 0.05) is 12.0 Å². The third-order valence-electron chi connectivity index (χ3n) is 2.68. The van der Waals surface area contributed by atoms with Crippen LogP contribution in [0.2, 0.25) is 5.02 Å². The lowest BCUT2D eigenvalue weighted by Crippen LogP contribution is -2.03. The van der Waals surface area contributed by atoms with E-state index in [2.05, 4.69) is 0 Å². The third-order valence-corrected chi connectivity index (χ3v) is 3.08. The van der Waals surface area contributed by atoms with E-state index in [0.29, 0.717) is 5.56 Å². The lowest BCUT2D eigenvalue weighted by molar-refractivity contribution is 0.178. The molecule has 0 saturated heterocycles. The number of hydrogen-bond donors (Lipinski definition) is 1. The molecule has 0 amide bonds. The van der Waals surface area contributed by atoms with Gasteiger partial charge < -0.3 is 5.11 Å². The summed E-state index contributed by atoms with van der Waals surface area (Å²) in [6.07, 6.45) is -0.664. The molecule has 1 unspecified atom stereocenters. The topological polar surface area (TPSA) is 20.2 Å².